The SMILES string of the molecule is NC(=O)N1N=C(c2ccc(F)cc2)CC1c1cn(Cc2ccc(OCCN3CCCCC3)cc2)c2ccc(Br)cc12. The molecular formula is C32H33BrFN5O2. The molecule has 7 nitrogen and oxygen atoms in total. The summed E-state index contributed by atoms with van der Waals surface area (Å²) in [4.78, 5) is 14.9. The second-order valence-electron chi connectivity index (χ2n) is 10.7. The van der Waals surface area contributed by atoms with Gasteiger partial charge in [0.2, 0.25) is 0 Å². The zero-order valence-corrected chi connectivity index (χ0v) is 24.4. The molecule has 4 aromatic rings. The summed E-state index contributed by atoms with van der Waals surface area (Å²) in [6.07, 6.45) is 6.47. The van der Waals surface area contributed by atoms with Crippen LogP contribution < -0.4 is 10.5 Å². The van der Waals surface area contributed by atoms with E-state index in [1.54, 1.807) is 12.1 Å². The first-order valence-corrected chi connectivity index (χ1v) is 14.9. The van der Waals surface area contributed by atoms with Gasteiger partial charge in [-0.2, -0.15) is 5.10 Å². The molecule has 1 saturated heterocycles. The van der Waals surface area contributed by atoms with E-state index in [9.17, 15) is 9.18 Å². The molecule has 212 valence electrons. The molecule has 1 unspecified atom stereocenters. The van der Waals surface area contributed by atoms with Crippen molar-refractivity contribution in [1.29, 1.82) is 0 Å². The molecule has 0 aliphatic carbocycles. The summed E-state index contributed by atoms with van der Waals surface area (Å²) in [6, 6.07) is 19.6. The number of hydrogen-bond donors (Lipinski definition) is 1. The number of amides is 2. The van der Waals surface area contributed by atoms with Gasteiger partial charge in [0.15, 0.2) is 0 Å². The van der Waals surface area contributed by atoms with E-state index in [0.717, 1.165) is 44.4 Å². The van der Waals surface area contributed by atoms with Crippen molar-refractivity contribution in [2.75, 3.05) is 26.2 Å². The van der Waals surface area contributed by atoms with Crippen LogP contribution in [0.5, 0.6) is 5.75 Å². The highest BCUT2D eigenvalue weighted by Gasteiger charge is 2.34. The van der Waals surface area contributed by atoms with Crippen LogP contribution in [0.3, 0.4) is 0 Å². The van der Waals surface area contributed by atoms with E-state index in [0.29, 0.717) is 25.3 Å². The predicted octanol–water partition coefficient (Wildman–Crippen LogP) is 6.69. The topological polar surface area (TPSA) is 76.1 Å². The first-order chi connectivity index (χ1) is 19.9. The molecule has 2 N–H and O–H groups in total. The van der Waals surface area contributed by atoms with Gasteiger partial charge in [0.25, 0.3) is 0 Å². The summed E-state index contributed by atoms with van der Waals surface area (Å²) < 4.78 is 22.7. The largest absolute Gasteiger partial charge is 0.492 e. The first-order valence-electron chi connectivity index (χ1n) is 14.1. The number of aromatic nitrogens is 1. The van der Waals surface area contributed by atoms with Crippen LogP contribution >= 0.6 is 15.9 Å². The Hall–Kier alpha value is -3.69. The number of likely N-dealkylation sites (tertiary alicyclic amines) is 1. The quantitative estimate of drug-likeness (QED) is 0.239. The normalized spacial score (nSPS) is 17.7. The van der Waals surface area contributed by atoms with E-state index in [4.69, 9.17) is 10.5 Å². The van der Waals surface area contributed by atoms with Gasteiger partial charge in [0.05, 0.1) is 11.8 Å². The highest BCUT2D eigenvalue weighted by atomic mass is 79.9. The van der Waals surface area contributed by atoms with Crippen molar-refractivity contribution in [3.63, 3.8) is 0 Å². The van der Waals surface area contributed by atoms with Crippen LogP contribution in [0.2, 0.25) is 0 Å². The maximum atomic E-state index is 13.5. The van der Waals surface area contributed by atoms with Crippen LogP contribution in [0.25, 0.3) is 10.9 Å². The van der Waals surface area contributed by atoms with E-state index >= 15 is 0 Å². The number of hydrogen-bond acceptors (Lipinski definition) is 4. The summed E-state index contributed by atoms with van der Waals surface area (Å²) in [5.74, 6) is 0.557. The number of carbonyl (C=O) groups is 1. The number of nitrogens with zero attached hydrogens (tertiary/aromatic N) is 4. The van der Waals surface area contributed by atoms with Crippen molar-refractivity contribution in [2.24, 2.45) is 10.8 Å². The van der Waals surface area contributed by atoms with E-state index in [1.807, 2.05) is 18.2 Å². The average Bonchev–Trinajstić information content (AvgIpc) is 3.57. The van der Waals surface area contributed by atoms with Crippen LogP contribution in [-0.2, 0) is 6.54 Å². The van der Waals surface area contributed by atoms with Crippen LogP contribution in [-0.4, -0.2) is 52.5 Å². The lowest BCUT2D eigenvalue weighted by atomic mass is 9.98. The molecule has 41 heavy (non-hydrogen) atoms. The van der Waals surface area contributed by atoms with Gasteiger partial charge >= 0.3 is 6.03 Å². The monoisotopic (exact) mass is 617 g/mol. The Labute approximate surface area is 247 Å². The third-order valence-electron chi connectivity index (χ3n) is 7.95. The maximum Gasteiger partial charge on any atom is 0.335 e. The summed E-state index contributed by atoms with van der Waals surface area (Å²) in [6.45, 7) is 4.65. The molecule has 2 aliphatic heterocycles. The predicted molar refractivity (Wildman–Crippen MR) is 163 cm³/mol. The molecule has 0 saturated carbocycles. The van der Waals surface area contributed by atoms with Crippen LogP contribution in [0.15, 0.2) is 82.5 Å². The molecule has 6 rings (SSSR count). The van der Waals surface area contributed by atoms with E-state index < -0.39 is 6.03 Å². The van der Waals surface area contributed by atoms with Gasteiger partial charge < -0.3 is 15.0 Å². The minimum Gasteiger partial charge on any atom is -0.492 e. The number of fused-ring (bicyclic) bond motifs is 1. The fraction of sp³-hybridized carbons (Fsp3) is 0.312. The second-order valence-corrected chi connectivity index (χ2v) is 11.6. The lowest BCUT2D eigenvalue weighted by Gasteiger charge is -2.26. The van der Waals surface area contributed by atoms with E-state index in [-0.39, 0.29) is 11.9 Å². The highest BCUT2D eigenvalue weighted by Crippen LogP contribution is 2.38. The van der Waals surface area contributed by atoms with E-state index in [2.05, 4.69) is 61.0 Å². The number of hydrazone groups is 1. The van der Waals surface area contributed by atoms with Gasteiger partial charge in [0, 0.05) is 46.6 Å². The van der Waals surface area contributed by atoms with Gasteiger partial charge in [-0.15, -0.1) is 0 Å². The number of urea groups is 1. The minimum absolute atomic E-state index is 0.319. The minimum atomic E-state index is -0.626. The summed E-state index contributed by atoms with van der Waals surface area (Å²) in [5, 5.41) is 6.91. The number of rotatable bonds is 8. The van der Waals surface area contributed by atoms with Crippen LogP contribution in [0, 0.1) is 5.82 Å². The van der Waals surface area contributed by atoms with Gasteiger partial charge in [-0.05, 0) is 79.5 Å². The fourth-order valence-electron chi connectivity index (χ4n) is 5.83. The van der Waals surface area contributed by atoms with Gasteiger partial charge in [-0.3, -0.25) is 4.90 Å². The molecule has 1 aromatic heterocycles. The molecule has 3 heterocycles. The summed E-state index contributed by atoms with van der Waals surface area (Å²) in [5.41, 5.74) is 10.4. The van der Waals surface area contributed by atoms with Crippen molar-refractivity contribution in [3.8, 4) is 5.75 Å². The lowest BCUT2D eigenvalue weighted by Crippen LogP contribution is -2.33. The number of primary amides is 1. The molecular weight excluding hydrogens is 585 g/mol. The Kier molecular flexibility index (Phi) is 8.07. The standard InChI is InChI=1S/C32H33BrFN5O2/c33-24-8-13-30-27(18-24)28(31-19-29(36-39(31)32(35)40)23-6-9-25(34)10-7-23)21-38(30)20-22-4-11-26(12-5-22)41-17-16-37-14-2-1-3-15-37/h4-13,18,21,31H,1-3,14-17,19-20H2,(H2,35,40). The average molecular weight is 619 g/mol. The molecule has 0 radical (unpaired) electrons. The number of piperidine rings is 1. The Balaban J connectivity index is 1.21. The van der Waals surface area contributed by atoms with E-state index in [1.165, 1.54) is 49.5 Å². The molecule has 9 heteroatoms. The maximum absolute atomic E-state index is 13.5. The number of benzene rings is 3. The molecule has 2 amide bonds. The Morgan fingerprint density at radius 3 is 2.51 bits per heavy atom. The summed E-state index contributed by atoms with van der Waals surface area (Å²) in [7, 11) is 0. The molecule has 1 atom stereocenters. The number of ether oxygens (including phenoxy) is 1. The second kappa shape index (κ2) is 12.0. The molecule has 2 aliphatic rings. The van der Waals surface area contributed by atoms with Crippen molar-refractivity contribution in [3.05, 3.63) is 99.9 Å². The van der Waals surface area contributed by atoms with Crippen molar-refractivity contribution >= 4 is 38.6 Å². The van der Waals surface area contributed by atoms with Gasteiger partial charge in [0.1, 0.15) is 18.2 Å². The highest BCUT2D eigenvalue weighted by molar-refractivity contribution is 9.10. The van der Waals surface area contributed by atoms with Crippen molar-refractivity contribution < 1.29 is 13.9 Å². The lowest BCUT2D eigenvalue weighted by molar-refractivity contribution is 0.183. The number of nitrogens with two attached hydrogens (primary N) is 1. The van der Waals surface area contributed by atoms with Crippen molar-refractivity contribution in [2.45, 2.75) is 38.3 Å². The molecule has 1 fully saturated rings. The smallest absolute Gasteiger partial charge is 0.335 e. The van der Waals surface area contributed by atoms with Gasteiger partial charge in [-0.1, -0.05) is 46.6 Å². The zero-order valence-electron chi connectivity index (χ0n) is 22.8. The van der Waals surface area contributed by atoms with Gasteiger partial charge in [-0.25, -0.2) is 14.2 Å². The third-order valence-corrected chi connectivity index (χ3v) is 8.44. The Morgan fingerprint density at radius 1 is 1.02 bits per heavy atom. The third kappa shape index (κ3) is 6.16. The Morgan fingerprint density at radius 2 is 1.78 bits per heavy atom. The molecule has 3 aromatic carbocycles. The van der Waals surface area contributed by atoms with Crippen LogP contribution in [0.1, 0.15) is 48.4 Å². The first kappa shape index (κ1) is 27.5. The number of carbonyl (C=O) groups excluding carboxylic acids is 1. The molecule has 0 bridgehead atoms. The summed E-state index contributed by atoms with van der Waals surface area (Å²) >= 11 is 3.61. The van der Waals surface area contributed by atoms with Crippen molar-refractivity contribution in [1.82, 2.24) is 14.5 Å². The van der Waals surface area contributed by atoms with Crippen LogP contribution in [0.4, 0.5) is 9.18 Å². The fourth-order valence-corrected chi connectivity index (χ4v) is 6.19. The zero-order chi connectivity index (χ0) is 28.3. The molecule has 0 spiro atoms. The Bertz CT molecular complexity index is 1560. The number of halogens is 2.